The highest BCUT2D eigenvalue weighted by molar-refractivity contribution is 6.26. The van der Waals surface area contributed by atoms with Crippen LogP contribution in [0.3, 0.4) is 0 Å². The molecule has 0 bridgehead atoms. The molecule has 0 radical (unpaired) electrons. The molecule has 0 N–H and O–H groups in total. The van der Waals surface area contributed by atoms with Gasteiger partial charge in [0.25, 0.3) is 0 Å². The molecule has 1 heterocycles. The Morgan fingerprint density at radius 1 is 0.333 bits per heavy atom. The van der Waals surface area contributed by atoms with E-state index >= 15 is 0 Å². The van der Waals surface area contributed by atoms with E-state index in [0.29, 0.717) is 0 Å². The van der Waals surface area contributed by atoms with E-state index in [9.17, 15) is 0 Å². The zero-order valence-electron chi connectivity index (χ0n) is 21.4. The van der Waals surface area contributed by atoms with Crippen LogP contribution in [0.4, 0.5) is 0 Å². The van der Waals surface area contributed by atoms with Crippen LogP contribution in [-0.4, -0.2) is 4.57 Å². The van der Waals surface area contributed by atoms with E-state index in [1.807, 2.05) is 0 Å². The Balaban J connectivity index is 1.57. The van der Waals surface area contributed by atoms with Crippen molar-refractivity contribution >= 4 is 43.4 Å². The minimum Gasteiger partial charge on any atom is -0.309 e. The summed E-state index contributed by atoms with van der Waals surface area (Å²) in [4.78, 5) is 0. The van der Waals surface area contributed by atoms with Crippen LogP contribution in [-0.2, 0) is 0 Å². The second kappa shape index (κ2) is 8.72. The molecule has 0 aliphatic rings. The molecule has 1 nitrogen and oxygen atoms in total. The molecule has 0 aliphatic carbocycles. The monoisotopic (exact) mass is 495 g/mol. The Bertz CT molecular complexity index is 2090. The number of hydrogen-bond donors (Lipinski definition) is 0. The summed E-state index contributed by atoms with van der Waals surface area (Å²) in [6, 6.07) is 54.9. The molecule has 0 saturated heterocycles. The molecule has 0 saturated carbocycles. The fourth-order valence-corrected chi connectivity index (χ4v) is 6.42. The number of benzene rings is 7. The van der Waals surface area contributed by atoms with Gasteiger partial charge in [-0.2, -0.15) is 0 Å². The summed E-state index contributed by atoms with van der Waals surface area (Å²) in [5.74, 6) is 0. The first-order valence-corrected chi connectivity index (χ1v) is 13.5. The van der Waals surface area contributed by atoms with Gasteiger partial charge in [0.1, 0.15) is 0 Å². The van der Waals surface area contributed by atoms with Crippen molar-refractivity contribution in [3.05, 3.63) is 152 Å². The van der Waals surface area contributed by atoms with Gasteiger partial charge in [-0.1, -0.05) is 127 Å². The van der Waals surface area contributed by atoms with E-state index in [-0.39, 0.29) is 0 Å². The van der Waals surface area contributed by atoms with E-state index in [2.05, 4.69) is 156 Å². The molecule has 0 spiro atoms. The van der Waals surface area contributed by atoms with E-state index < -0.39 is 0 Å². The Labute approximate surface area is 227 Å². The Kier molecular flexibility index (Phi) is 4.89. The first-order valence-electron chi connectivity index (χ1n) is 13.5. The van der Waals surface area contributed by atoms with E-state index in [4.69, 9.17) is 0 Å². The van der Waals surface area contributed by atoms with Gasteiger partial charge in [-0.15, -0.1) is 0 Å². The first kappa shape index (κ1) is 21.9. The second-order valence-electron chi connectivity index (χ2n) is 10.1. The third-order valence-electron chi connectivity index (χ3n) is 7.98. The SMILES string of the molecule is c1ccc(-c2c3ccccc3c(-c3cccc4c3c3ccccc3n4-c3ccccc3)c3ccccc23)cc1. The van der Waals surface area contributed by atoms with E-state index in [0.717, 1.165) is 0 Å². The highest BCUT2D eigenvalue weighted by atomic mass is 15.0. The maximum absolute atomic E-state index is 2.40. The van der Waals surface area contributed by atoms with Crippen LogP contribution in [0.15, 0.2) is 152 Å². The smallest absolute Gasteiger partial charge is 0.0547 e. The average Bonchev–Trinajstić information content (AvgIpc) is 3.35. The van der Waals surface area contributed by atoms with Crippen molar-refractivity contribution in [3.8, 4) is 27.9 Å². The molecule has 0 amide bonds. The van der Waals surface area contributed by atoms with Crippen LogP contribution >= 0.6 is 0 Å². The Hall–Kier alpha value is -5.14. The van der Waals surface area contributed by atoms with Gasteiger partial charge in [-0.25, -0.2) is 0 Å². The lowest BCUT2D eigenvalue weighted by Crippen LogP contribution is -1.93. The summed E-state index contributed by atoms with van der Waals surface area (Å²) in [5, 5.41) is 7.67. The molecular formula is C38H25N. The van der Waals surface area contributed by atoms with Gasteiger partial charge in [-0.05, 0) is 68.1 Å². The lowest BCUT2D eigenvalue weighted by Gasteiger charge is -2.18. The van der Waals surface area contributed by atoms with Crippen molar-refractivity contribution in [1.29, 1.82) is 0 Å². The summed E-state index contributed by atoms with van der Waals surface area (Å²) in [6.07, 6.45) is 0. The minimum absolute atomic E-state index is 1.18. The average molecular weight is 496 g/mol. The molecule has 0 aliphatic heterocycles. The van der Waals surface area contributed by atoms with Crippen molar-refractivity contribution < 1.29 is 0 Å². The van der Waals surface area contributed by atoms with Crippen molar-refractivity contribution in [1.82, 2.24) is 4.57 Å². The molecule has 0 fully saturated rings. The van der Waals surface area contributed by atoms with Gasteiger partial charge in [-0.3, -0.25) is 0 Å². The van der Waals surface area contributed by atoms with Crippen molar-refractivity contribution in [2.24, 2.45) is 0 Å². The number of rotatable bonds is 3. The van der Waals surface area contributed by atoms with Crippen LogP contribution in [0, 0.1) is 0 Å². The van der Waals surface area contributed by atoms with Crippen molar-refractivity contribution in [2.75, 3.05) is 0 Å². The third-order valence-corrected chi connectivity index (χ3v) is 7.98. The molecular weight excluding hydrogens is 470 g/mol. The number of aromatic nitrogens is 1. The van der Waals surface area contributed by atoms with Gasteiger partial charge in [0.2, 0.25) is 0 Å². The highest BCUT2D eigenvalue weighted by Gasteiger charge is 2.20. The Morgan fingerprint density at radius 3 is 1.46 bits per heavy atom. The maximum Gasteiger partial charge on any atom is 0.0547 e. The van der Waals surface area contributed by atoms with E-state index in [1.54, 1.807) is 0 Å². The largest absolute Gasteiger partial charge is 0.309 e. The zero-order valence-corrected chi connectivity index (χ0v) is 21.4. The van der Waals surface area contributed by atoms with Gasteiger partial charge in [0.15, 0.2) is 0 Å². The van der Waals surface area contributed by atoms with Gasteiger partial charge in [0, 0.05) is 16.5 Å². The Morgan fingerprint density at radius 2 is 0.821 bits per heavy atom. The number of hydrogen-bond acceptors (Lipinski definition) is 0. The molecule has 1 heteroatoms. The number of fused-ring (bicyclic) bond motifs is 5. The first-order chi connectivity index (χ1) is 19.4. The molecule has 0 unspecified atom stereocenters. The maximum atomic E-state index is 2.40. The fourth-order valence-electron chi connectivity index (χ4n) is 6.42. The van der Waals surface area contributed by atoms with Crippen LogP contribution in [0.5, 0.6) is 0 Å². The molecule has 182 valence electrons. The quantitative estimate of drug-likeness (QED) is 0.215. The topological polar surface area (TPSA) is 4.93 Å². The van der Waals surface area contributed by atoms with E-state index in [1.165, 1.54) is 71.3 Å². The normalized spacial score (nSPS) is 11.6. The summed E-state index contributed by atoms with van der Waals surface area (Å²) in [7, 11) is 0. The van der Waals surface area contributed by atoms with Crippen LogP contribution in [0.25, 0.3) is 71.3 Å². The second-order valence-corrected chi connectivity index (χ2v) is 10.1. The highest BCUT2D eigenvalue weighted by Crippen LogP contribution is 2.47. The van der Waals surface area contributed by atoms with Gasteiger partial charge in [0.05, 0.1) is 11.0 Å². The van der Waals surface area contributed by atoms with Crippen LogP contribution in [0.1, 0.15) is 0 Å². The summed E-state index contributed by atoms with van der Waals surface area (Å²) >= 11 is 0. The van der Waals surface area contributed by atoms with Gasteiger partial charge >= 0.3 is 0 Å². The molecule has 8 rings (SSSR count). The summed E-state index contributed by atoms with van der Waals surface area (Å²) < 4.78 is 2.40. The van der Waals surface area contributed by atoms with Crippen molar-refractivity contribution in [2.45, 2.75) is 0 Å². The summed E-state index contributed by atoms with van der Waals surface area (Å²) in [5.41, 5.74) is 8.73. The lowest BCUT2D eigenvalue weighted by molar-refractivity contribution is 1.18. The number of nitrogens with zero attached hydrogens (tertiary/aromatic N) is 1. The third kappa shape index (κ3) is 3.27. The van der Waals surface area contributed by atoms with Crippen molar-refractivity contribution in [3.63, 3.8) is 0 Å². The predicted octanol–water partition coefficient (Wildman–Crippen LogP) is 10.4. The number of para-hydroxylation sites is 2. The molecule has 0 atom stereocenters. The molecule has 7 aromatic carbocycles. The minimum atomic E-state index is 1.18. The summed E-state index contributed by atoms with van der Waals surface area (Å²) in [6.45, 7) is 0. The standard InChI is InChI=1S/C38H25N/c1-3-14-26(15-4-1)36-28-18-7-9-20-30(28)37(31-21-10-8-19-29(31)36)33-23-13-25-35-38(33)32-22-11-12-24-34(32)39(35)27-16-5-2-6-17-27/h1-25H. The molecule has 39 heavy (non-hydrogen) atoms. The molecule has 8 aromatic rings. The lowest BCUT2D eigenvalue weighted by atomic mass is 9.85. The van der Waals surface area contributed by atoms with Crippen LogP contribution in [0.2, 0.25) is 0 Å². The van der Waals surface area contributed by atoms with Gasteiger partial charge < -0.3 is 4.57 Å². The zero-order chi connectivity index (χ0) is 25.8. The predicted molar refractivity (Wildman–Crippen MR) is 167 cm³/mol. The fraction of sp³-hybridized carbons (Fsp3) is 0. The van der Waals surface area contributed by atoms with Crippen LogP contribution < -0.4 is 0 Å². The molecule has 1 aromatic heterocycles.